The molecule has 1 saturated heterocycles. The molecule has 3 rings (SSSR count). The standard InChI is InChI=1S/C20H23N3O6/c1-3-11-27-18-9-10-22(20(24)21-18)19-12-17(16(4-2)29-19)28-13-14-7-5-6-8-15(14)23(25)26/h3,5-10,16-17,19H,1,4,11-13H2,2H3. The van der Waals surface area contributed by atoms with Crippen molar-refractivity contribution in [2.45, 2.75) is 44.8 Å². The molecule has 0 saturated carbocycles. The van der Waals surface area contributed by atoms with Gasteiger partial charge < -0.3 is 14.2 Å². The minimum Gasteiger partial charge on any atom is -0.473 e. The van der Waals surface area contributed by atoms with Crippen molar-refractivity contribution in [3.05, 3.63) is 75.3 Å². The molecule has 1 fully saturated rings. The second-order valence-corrected chi connectivity index (χ2v) is 6.56. The smallest absolute Gasteiger partial charge is 0.352 e. The lowest BCUT2D eigenvalue weighted by Crippen LogP contribution is -2.27. The molecule has 154 valence electrons. The summed E-state index contributed by atoms with van der Waals surface area (Å²) >= 11 is 0. The summed E-state index contributed by atoms with van der Waals surface area (Å²) in [6, 6.07) is 8.07. The van der Waals surface area contributed by atoms with Crippen LogP contribution in [-0.2, 0) is 16.1 Å². The van der Waals surface area contributed by atoms with Crippen LogP contribution in [0.1, 0.15) is 31.6 Å². The van der Waals surface area contributed by atoms with Gasteiger partial charge in [0, 0.05) is 24.8 Å². The number of benzene rings is 1. The van der Waals surface area contributed by atoms with Crippen LogP contribution in [0.2, 0.25) is 0 Å². The van der Waals surface area contributed by atoms with Gasteiger partial charge in [-0.1, -0.05) is 31.7 Å². The van der Waals surface area contributed by atoms with E-state index in [2.05, 4.69) is 11.6 Å². The predicted molar refractivity (Wildman–Crippen MR) is 105 cm³/mol. The van der Waals surface area contributed by atoms with Crippen molar-refractivity contribution in [1.82, 2.24) is 9.55 Å². The number of rotatable bonds is 9. The molecular weight excluding hydrogens is 378 g/mol. The summed E-state index contributed by atoms with van der Waals surface area (Å²) in [4.78, 5) is 27.0. The van der Waals surface area contributed by atoms with Crippen LogP contribution in [0.3, 0.4) is 0 Å². The number of hydrogen-bond donors (Lipinski definition) is 0. The fraction of sp³-hybridized carbons (Fsp3) is 0.400. The Hall–Kier alpha value is -3.04. The van der Waals surface area contributed by atoms with Gasteiger partial charge in [0.05, 0.1) is 29.3 Å². The van der Waals surface area contributed by atoms with E-state index in [0.717, 1.165) is 0 Å². The summed E-state index contributed by atoms with van der Waals surface area (Å²) in [5.41, 5.74) is 0.0377. The molecule has 0 bridgehead atoms. The molecule has 2 aromatic rings. The Morgan fingerprint density at radius 3 is 2.90 bits per heavy atom. The van der Waals surface area contributed by atoms with Gasteiger partial charge in [0.1, 0.15) is 12.8 Å². The average Bonchev–Trinajstić information content (AvgIpc) is 3.13. The highest BCUT2D eigenvalue weighted by atomic mass is 16.6. The van der Waals surface area contributed by atoms with E-state index in [1.165, 1.54) is 10.6 Å². The molecule has 0 spiro atoms. The molecular formula is C20H23N3O6. The van der Waals surface area contributed by atoms with Crippen LogP contribution in [0.4, 0.5) is 5.69 Å². The van der Waals surface area contributed by atoms with Crippen LogP contribution in [0.25, 0.3) is 0 Å². The summed E-state index contributed by atoms with van der Waals surface area (Å²) in [6.45, 7) is 5.86. The van der Waals surface area contributed by atoms with Gasteiger partial charge in [-0.2, -0.15) is 4.98 Å². The molecule has 29 heavy (non-hydrogen) atoms. The van der Waals surface area contributed by atoms with E-state index in [9.17, 15) is 14.9 Å². The second-order valence-electron chi connectivity index (χ2n) is 6.56. The predicted octanol–water partition coefficient (Wildman–Crippen LogP) is 3.00. The highest BCUT2D eigenvalue weighted by Crippen LogP contribution is 2.32. The Morgan fingerprint density at radius 1 is 1.41 bits per heavy atom. The van der Waals surface area contributed by atoms with Gasteiger partial charge in [0.25, 0.3) is 5.69 Å². The highest BCUT2D eigenvalue weighted by Gasteiger charge is 2.36. The fourth-order valence-electron chi connectivity index (χ4n) is 3.26. The third-order valence-electron chi connectivity index (χ3n) is 4.69. The number of para-hydroxylation sites is 1. The average molecular weight is 401 g/mol. The SMILES string of the molecule is C=CCOc1ccn(C2CC(OCc3ccccc3[N+](=O)[O-])C(CC)O2)c(=O)n1. The van der Waals surface area contributed by atoms with Crippen molar-refractivity contribution in [2.24, 2.45) is 0 Å². The fourth-order valence-corrected chi connectivity index (χ4v) is 3.26. The maximum atomic E-state index is 12.3. The molecule has 0 N–H and O–H groups in total. The second kappa shape index (κ2) is 9.44. The maximum absolute atomic E-state index is 12.3. The lowest BCUT2D eigenvalue weighted by atomic mass is 10.1. The van der Waals surface area contributed by atoms with E-state index in [4.69, 9.17) is 14.2 Å². The molecule has 1 aromatic carbocycles. The molecule has 3 unspecified atom stereocenters. The Kier molecular flexibility index (Phi) is 6.73. The maximum Gasteiger partial charge on any atom is 0.352 e. The van der Waals surface area contributed by atoms with E-state index in [-0.39, 0.29) is 37.0 Å². The van der Waals surface area contributed by atoms with Crippen molar-refractivity contribution in [1.29, 1.82) is 0 Å². The minimum atomic E-state index is -0.524. The minimum absolute atomic E-state index is 0.0200. The molecule has 1 aliphatic rings. The van der Waals surface area contributed by atoms with Crippen LogP contribution in [-0.4, -0.2) is 33.3 Å². The molecule has 1 aliphatic heterocycles. The van der Waals surface area contributed by atoms with E-state index in [1.807, 2.05) is 6.92 Å². The van der Waals surface area contributed by atoms with Gasteiger partial charge in [-0.25, -0.2) is 4.79 Å². The first kappa shape index (κ1) is 20.7. The third-order valence-corrected chi connectivity index (χ3v) is 4.69. The van der Waals surface area contributed by atoms with E-state index < -0.39 is 16.8 Å². The molecule has 9 nitrogen and oxygen atoms in total. The summed E-state index contributed by atoms with van der Waals surface area (Å²) in [5, 5.41) is 11.2. The van der Waals surface area contributed by atoms with Gasteiger partial charge in [-0.15, -0.1) is 0 Å². The monoisotopic (exact) mass is 401 g/mol. The van der Waals surface area contributed by atoms with Gasteiger partial charge in [-0.05, 0) is 12.5 Å². The zero-order valence-corrected chi connectivity index (χ0v) is 16.1. The lowest BCUT2D eigenvalue weighted by Gasteiger charge is -2.17. The first-order valence-electron chi connectivity index (χ1n) is 9.35. The summed E-state index contributed by atoms with van der Waals surface area (Å²) in [5.74, 6) is 0.223. The van der Waals surface area contributed by atoms with Crippen LogP contribution < -0.4 is 10.4 Å². The normalized spacial score (nSPS) is 21.1. The van der Waals surface area contributed by atoms with E-state index in [0.29, 0.717) is 18.4 Å². The van der Waals surface area contributed by atoms with Crippen LogP contribution >= 0.6 is 0 Å². The Balaban J connectivity index is 1.69. The first-order valence-corrected chi connectivity index (χ1v) is 9.35. The quantitative estimate of drug-likeness (QED) is 0.361. The van der Waals surface area contributed by atoms with Gasteiger partial charge in [0.2, 0.25) is 5.88 Å². The molecule has 0 aliphatic carbocycles. The molecule has 0 radical (unpaired) electrons. The van der Waals surface area contributed by atoms with Crippen molar-refractivity contribution < 1.29 is 19.1 Å². The van der Waals surface area contributed by atoms with Crippen molar-refractivity contribution in [3.63, 3.8) is 0 Å². The first-order chi connectivity index (χ1) is 14.0. The summed E-state index contributed by atoms with van der Waals surface area (Å²) in [6.07, 6.45) is 3.21. The van der Waals surface area contributed by atoms with Crippen molar-refractivity contribution in [2.75, 3.05) is 6.61 Å². The van der Waals surface area contributed by atoms with Crippen LogP contribution in [0.5, 0.6) is 5.88 Å². The van der Waals surface area contributed by atoms with Gasteiger partial charge >= 0.3 is 5.69 Å². The zero-order valence-electron chi connectivity index (χ0n) is 16.1. The largest absolute Gasteiger partial charge is 0.473 e. The van der Waals surface area contributed by atoms with E-state index in [1.54, 1.807) is 36.5 Å². The summed E-state index contributed by atoms with van der Waals surface area (Å²) < 4.78 is 18.6. The highest BCUT2D eigenvalue weighted by molar-refractivity contribution is 5.39. The third kappa shape index (κ3) is 4.87. The Bertz CT molecular complexity index is 928. The van der Waals surface area contributed by atoms with Crippen LogP contribution in [0, 0.1) is 10.1 Å². The number of aromatic nitrogens is 2. The van der Waals surface area contributed by atoms with Gasteiger partial charge in [0.15, 0.2) is 0 Å². The van der Waals surface area contributed by atoms with Crippen LogP contribution in [0.15, 0.2) is 54.0 Å². The summed E-state index contributed by atoms with van der Waals surface area (Å²) in [7, 11) is 0. The lowest BCUT2D eigenvalue weighted by molar-refractivity contribution is -0.386. The molecule has 3 atom stereocenters. The number of hydrogen-bond acceptors (Lipinski definition) is 7. The topological polar surface area (TPSA) is 106 Å². The number of nitro groups is 1. The van der Waals surface area contributed by atoms with Crippen molar-refractivity contribution in [3.8, 4) is 5.88 Å². The molecule has 2 heterocycles. The zero-order chi connectivity index (χ0) is 20.8. The number of ether oxygens (including phenoxy) is 3. The Labute approximate surface area is 167 Å². The number of nitro benzene ring substituents is 1. The molecule has 9 heteroatoms. The Morgan fingerprint density at radius 2 is 2.21 bits per heavy atom. The van der Waals surface area contributed by atoms with Gasteiger partial charge in [-0.3, -0.25) is 14.7 Å². The molecule has 1 aromatic heterocycles. The van der Waals surface area contributed by atoms with Crippen molar-refractivity contribution >= 4 is 5.69 Å². The number of nitrogens with zero attached hydrogens (tertiary/aromatic N) is 3. The molecule has 0 amide bonds. The van der Waals surface area contributed by atoms with E-state index >= 15 is 0 Å².